The van der Waals surface area contributed by atoms with Crippen LogP contribution in [0.1, 0.15) is 25.8 Å². The van der Waals surface area contributed by atoms with Crippen LogP contribution in [0.4, 0.5) is 0 Å². The van der Waals surface area contributed by atoms with Crippen LogP contribution in [0.25, 0.3) is 6.08 Å². The molecule has 0 aromatic heterocycles. The van der Waals surface area contributed by atoms with E-state index in [1.165, 1.54) is 5.56 Å². The number of allylic oxidation sites excluding steroid dienone is 1. The molecule has 1 aromatic carbocycles. The van der Waals surface area contributed by atoms with E-state index in [-0.39, 0.29) is 12.3 Å². The van der Waals surface area contributed by atoms with E-state index in [0.717, 1.165) is 12.8 Å². The largest absolute Gasteiger partial charge is 0.115 e. The van der Waals surface area contributed by atoms with Crippen LogP contribution in [0.5, 0.6) is 0 Å². The molecular formula is C12H15Cl. The highest BCUT2D eigenvalue weighted by atomic mass is 35.5. The normalized spacial score (nSPS) is 18.2. The summed E-state index contributed by atoms with van der Waals surface area (Å²) in [6.45, 7) is 0. The van der Waals surface area contributed by atoms with Crippen LogP contribution < -0.4 is 0 Å². The Hall–Kier alpha value is -0.750. The fourth-order valence-corrected chi connectivity index (χ4v) is 1.25. The monoisotopic (exact) mass is 194 g/mol. The summed E-state index contributed by atoms with van der Waals surface area (Å²) in [5.41, 5.74) is 1.23. The van der Waals surface area contributed by atoms with Crippen molar-refractivity contribution in [2.75, 3.05) is 0 Å². The second kappa shape index (κ2) is 3.97. The highest BCUT2D eigenvalue weighted by molar-refractivity contribution is 6.27. The van der Waals surface area contributed by atoms with Crippen LogP contribution in [0.15, 0.2) is 36.4 Å². The average molecular weight is 195 g/mol. The summed E-state index contributed by atoms with van der Waals surface area (Å²) in [5, 5.41) is 0. The number of rotatable bonds is 2. The summed E-state index contributed by atoms with van der Waals surface area (Å²) in [6.07, 6.45) is 6.44. The predicted octanol–water partition coefficient (Wildman–Crippen LogP) is 4.11. The molecule has 1 heteroatoms. The summed E-state index contributed by atoms with van der Waals surface area (Å²) in [5.74, 6) is 0. The molecule has 1 aliphatic carbocycles. The van der Waals surface area contributed by atoms with Crippen LogP contribution in [0.2, 0.25) is 0 Å². The zero-order chi connectivity index (χ0) is 8.44. The van der Waals surface area contributed by atoms with E-state index in [9.17, 15) is 0 Å². The van der Waals surface area contributed by atoms with Gasteiger partial charge in [0.15, 0.2) is 0 Å². The van der Waals surface area contributed by atoms with E-state index in [1.807, 2.05) is 18.2 Å². The molecule has 0 N–H and O–H groups in total. The van der Waals surface area contributed by atoms with Gasteiger partial charge in [-0.3, -0.25) is 0 Å². The van der Waals surface area contributed by atoms with E-state index >= 15 is 0 Å². The van der Waals surface area contributed by atoms with Crippen molar-refractivity contribution in [3.63, 3.8) is 0 Å². The molecule has 2 rings (SSSR count). The van der Waals surface area contributed by atoms with Gasteiger partial charge in [-0.05, 0) is 18.4 Å². The Balaban J connectivity index is 0.000000845. The number of benzene rings is 1. The van der Waals surface area contributed by atoms with Crippen LogP contribution in [0, 0.1) is 0 Å². The first kappa shape index (κ1) is 10.3. The Bertz CT molecular complexity index is 283. The van der Waals surface area contributed by atoms with E-state index in [4.69, 9.17) is 11.6 Å². The molecule has 0 spiro atoms. The van der Waals surface area contributed by atoms with Crippen molar-refractivity contribution in [2.45, 2.75) is 25.1 Å². The molecule has 0 atom stereocenters. The van der Waals surface area contributed by atoms with Gasteiger partial charge in [0.05, 0.1) is 4.87 Å². The molecular weight excluding hydrogens is 180 g/mol. The Morgan fingerprint density at radius 3 is 2.31 bits per heavy atom. The summed E-state index contributed by atoms with van der Waals surface area (Å²) in [7, 11) is 0. The summed E-state index contributed by atoms with van der Waals surface area (Å²) < 4.78 is 0. The Morgan fingerprint density at radius 2 is 1.77 bits per heavy atom. The van der Waals surface area contributed by atoms with E-state index in [1.54, 1.807) is 0 Å². The van der Waals surface area contributed by atoms with E-state index in [2.05, 4.69) is 24.3 Å². The summed E-state index contributed by atoms with van der Waals surface area (Å²) in [4.78, 5) is -0.00413. The van der Waals surface area contributed by atoms with Crippen LogP contribution in [0.3, 0.4) is 0 Å². The van der Waals surface area contributed by atoms with Crippen molar-refractivity contribution >= 4 is 17.7 Å². The second-order valence-corrected chi connectivity index (χ2v) is 4.03. The molecule has 1 aromatic rings. The smallest absolute Gasteiger partial charge is 0.0630 e. The number of alkyl halides is 1. The number of hydrogen-bond acceptors (Lipinski definition) is 0. The standard InChI is InChI=1S/C11H11Cl.CH4/c12-11(8-9-11)7-6-10-4-2-1-3-5-10;/h1-7H,8-9H2;1H4. The summed E-state index contributed by atoms with van der Waals surface area (Å²) >= 11 is 6.11. The van der Waals surface area contributed by atoms with Crippen LogP contribution in [-0.4, -0.2) is 4.87 Å². The Morgan fingerprint density at radius 1 is 1.15 bits per heavy atom. The molecule has 0 bridgehead atoms. The van der Waals surface area contributed by atoms with Crippen molar-refractivity contribution in [3.8, 4) is 0 Å². The first-order valence-electron chi connectivity index (χ1n) is 4.22. The van der Waals surface area contributed by atoms with Gasteiger partial charge in [0.2, 0.25) is 0 Å². The van der Waals surface area contributed by atoms with Gasteiger partial charge in [-0.15, -0.1) is 11.6 Å². The maximum Gasteiger partial charge on any atom is 0.0630 e. The van der Waals surface area contributed by atoms with Crippen molar-refractivity contribution in [1.82, 2.24) is 0 Å². The highest BCUT2D eigenvalue weighted by Crippen LogP contribution is 2.44. The zero-order valence-electron chi connectivity index (χ0n) is 6.83. The average Bonchev–Trinajstić information content (AvgIpc) is 2.84. The minimum atomic E-state index is -0.00413. The third-order valence-corrected chi connectivity index (χ3v) is 2.61. The van der Waals surface area contributed by atoms with Crippen LogP contribution >= 0.6 is 11.6 Å². The van der Waals surface area contributed by atoms with Gasteiger partial charge in [-0.2, -0.15) is 0 Å². The lowest BCUT2D eigenvalue weighted by atomic mass is 10.2. The summed E-state index contributed by atoms with van der Waals surface area (Å²) in [6, 6.07) is 10.3. The Labute approximate surface area is 85.2 Å². The van der Waals surface area contributed by atoms with E-state index in [0.29, 0.717) is 0 Å². The third kappa shape index (κ3) is 2.89. The van der Waals surface area contributed by atoms with Crippen molar-refractivity contribution in [1.29, 1.82) is 0 Å². The molecule has 0 radical (unpaired) electrons. The number of halogens is 1. The van der Waals surface area contributed by atoms with Gasteiger partial charge in [-0.25, -0.2) is 0 Å². The fourth-order valence-electron chi connectivity index (χ4n) is 1.10. The lowest BCUT2D eigenvalue weighted by Gasteiger charge is -1.95. The van der Waals surface area contributed by atoms with Gasteiger partial charge in [0.1, 0.15) is 0 Å². The Kier molecular flexibility index (Phi) is 3.16. The van der Waals surface area contributed by atoms with Gasteiger partial charge in [0, 0.05) is 0 Å². The maximum absolute atomic E-state index is 6.11. The third-order valence-electron chi connectivity index (χ3n) is 2.10. The molecule has 0 aliphatic heterocycles. The molecule has 1 fully saturated rings. The second-order valence-electron chi connectivity index (χ2n) is 3.28. The first-order valence-corrected chi connectivity index (χ1v) is 4.60. The molecule has 70 valence electrons. The number of hydrogen-bond donors (Lipinski definition) is 0. The molecule has 13 heavy (non-hydrogen) atoms. The molecule has 0 saturated heterocycles. The van der Waals surface area contributed by atoms with Gasteiger partial charge in [-0.1, -0.05) is 49.9 Å². The molecule has 1 saturated carbocycles. The zero-order valence-corrected chi connectivity index (χ0v) is 7.59. The molecule has 0 nitrogen and oxygen atoms in total. The topological polar surface area (TPSA) is 0 Å². The molecule has 0 heterocycles. The fraction of sp³-hybridized carbons (Fsp3) is 0.333. The molecule has 0 amide bonds. The van der Waals surface area contributed by atoms with E-state index < -0.39 is 0 Å². The van der Waals surface area contributed by atoms with Crippen molar-refractivity contribution < 1.29 is 0 Å². The van der Waals surface area contributed by atoms with Crippen LogP contribution in [-0.2, 0) is 0 Å². The minimum Gasteiger partial charge on any atom is -0.115 e. The maximum atomic E-state index is 6.11. The lowest BCUT2D eigenvalue weighted by molar-refractivity contribution is 1.19. The molecule has 1 aliphatic rings. The molecule has 0 unspecified atom stereocenters. The highest BCUT2D eigenvalue weighted by Gasteiger charge is 2.37. The van der Waals surface area contributed by atoms with Crippen molar-refractivity contribution in [2.24, 2.45) is 0 Å². The van der Waals surface area contributed by atoms with Gasteiger partial charge in [0.25, 0.3) is 0 Å². The predicted molar refractivity (Wildman–Crippen MR) is 60.0 cm³/mol. The quantitative estimate of drug-likeness (QED) is 0.622. The first-order chi connectivity index (χ1) is 5.79. The lowest BCUT2D eigenvalue weighted by Crippen LogP contribution is -1.87. The van der Waals surface area contributed by atoms with Gasteiger partial charge < -0.3 is 0 Å². The van der Waals surface area contributed by atoms with Crippen molar-refractivity contribution in [3.05, 3.63) is 42.0 Å². The minimum absolute atomic E-state index is 0. The SMILES string of the molecule is C.ClC1(C=Cc2ccccc2)CC1. The van der Waals surface area contributed by atoms with Gasteiger partial charge >= 0.3 is 0 Å².